The van der Waals surface area contributed by atoms with Gasteiger partial charge in [0, 0.05) is 10.0 Å². The fourth-order valence-corrected chi connectivity index (χ4v) is 3.60. The zero-order valence-electron chi connectivity index (χ0n) is 13.4. The summed E-state index contributed by atoms with van der Waals surface area (Å²) in [6.45, 7) is -0.928. The third-order valence-electron chi connectivity index (χ3n) is 4.50. The number of hydrogen-bond acceptors (Lipinski definition) is 5. The molecule has 132 valence electrons. The Morgan fingerprint density at radius 2 is 1.96 bits per heavy atom. The van der Waals surface area contributed by atoms with Crippen molar-refractivity contribution >= 4 is 39.6 Å². The molecule has 1 N–H and O–H groups in total. The lowest BCUT2D eigenvalue weighted by molar-refractivity contribution is -0.146. The zero-order valence-corrected chi connectivity index (χ0v) is 15.0. The molecule has 1 aliphatic carbocycles. The molecule has 1 aromatic carbocycles. The van der Waals surface area contributed by atoms with Crippen LogP contribution in [-0.2, 0) is 14.3 Å². The smallest absolute Gasteiger partial charge is 0.326 e. The van der Waals surface area contributed by atoms with Crippen LogP contribution in [0.3, 0.4) is 0 Å². The Balaban J connectivity index is 1.55. The van der Waals surface area contributed by atoms with Gasteiger partial charge in [-0.15, -0.1) is 0 Å². The van der Waals surface area contributed by atoms with E-state index in [1.54, 1.807) is 24.3 Å². The van der Waals surface area contributed by atoms with Crippen molar-refractivity contribution in [2.24, 2.45) is 0 Å². The third kappa shape index (κ3) is 3.58. The molecule has 1 saturated carbocycles. The molecule has 1 saturated heterocycles. The molecule has 8 heteroatoms. The largest absolute Gasteiger partial charge is 0.456 e. The number of ether oxygens (including phenoxy) is 1. The Kier molecular flexibility index (Phi) is 4.89. The number of imide groups is 1. The number of nitrogens with zero attached hydrogens (tertiary/aromatic N) is 1. The van der Waals surface area contributed by atoms with E-state index in [9.17, 15) is 19.2 Å². The highest BCUT2D eigenvalue weighted by Gasteiger charge is 2.52. The van der Waals surface area contributed by atoms with E-state index in [-0.39, 0.29) is 11.7 Å². The minimum absolute atomic E-state index is 0.362. The van der Waals surface area contributed by atoms with Gasteiger partial charge in [0.2, 0.25) is 0 Å². The van der Waals surface area contributed by atoms with E-state index in [0.29, 0.717) is 18.4 Å². The molecule has 0 bridgehead atoms. The van der Waals surface area contributed by atoms with E-state index in [0.717, 1.165) is 22.2 Å². The summed E-state index contributed by atoms with van der Waals surface area (Å²) in [6, 6.07) is 6.13. The highest BCUT2D eigenvalue weighted by molar-refractivity contribution is 9.10. The van der Waals surface area contributed by atoms with E-state index in [2.05, 4.69) is 21.2 Å². The van der Waals surface area contributed by atoms with Crippen molar-refractivity contribution in [1.82, 2.24) is 10.2 Å². The molecular weight excluding hydrogens is 392 g/mol. The van der Waals surface area contributed by atoms with Crippen molar-refractivity contribution in [3.63, 3.8) is 0 Å². The van der Waals surface area contributed by atoms with Crippen LogP contribution in [0.25, 0.3) is 0 Å². The second-order valence-corrected chi connectivity index (χ2v) is 7.12. The summed E-state index contributed by atoms with van der Waals surface area (Å²) in [5, 5.41) is 2.69. The fourth-order valence-electron chi connectivity index (χ4n) is 3.20. The van der Waals surface area contributed by atoms with Gasteiger partial charge in [0.15, 0.2) is 12.4 Å². The molecule has 1 aliphatic heterocycles. The summed E-state index contributed by atoms with van der Waals surface area (Å²) in [7, 11) is 0. The van der Waals surface area contributed by atoms with Crippen molar-refractivity contribution in [2.75, 3.05) is 13.2 Å². The lowest BCUT2D eigenvalue weighted by atomic mass is 9.98. The Morgan fingerprint density at radius 3 is 2.64 bits per heavy atom. The average Bonchev–Trinajstić information content (AvgIpc) is 3.14. The summed E-state index contributed by atoms with van der Waals surface area (Å²) < 4.78 is 5.67. The maximum atomic E-state index is 12.4. The number of hydrogen-bond donors (Lipinski definition) is 1. The number of ketones is 1. The first-order valence-electron chi connectivity index (χ1n) is 8.00. The molecule has 0 atom stereocenters. The number of amides is 3. The molecule has 1 heterocycles. The molecule has 1 aromatic rings. The normalized spacial score (nSPS) is 18.5. The predicted octanol–water partition coefficient (Wildman–Crippen LogP) is 2.04. The second-order valence-electron chi connectivity index (χ2n) is 6.20. The van der Waals surface area contributed by atoms with E-state index >= 15 is 0 Å². The number of carbonyl (C=O) groups is 4. The summed E-state index contributed by atoms with van der Waals surface area (Å²) in [4.78, 5) is 49.3. The second kappa shape index (κ2) is 6.95. The number of Topliss-reactive ketones (excluding diaryl/α,β-unsaturated/α-hetero) is 1. The number of esters is 1. The molecule has 0 radical (unpaired) electrons. The summed E-state index contributed by atoms with van der Waals surface area (Å²) >= 11 is 3.26. The van der Waals surface area contributed by atoms with Crippen LogP contribution in [0.15, 0.2) is 28.7 Å². The van der Waals surface area contributed by atoms with Gasteiger partial charge in [-0.25, -0.2) is 4.79 Å². The third-order valence-corrected chi connectivity index (χ3v) is 4.99. The molecule has 3 amide bonds. The lowest BCUT2D eigenvalue weighted by Crippen LogP contribution is -2.44. The maximum absolute atomic E-state index is 12.4. The van der Waals surface area contributed by atoms with Crippen molar-refractivity contribution in [1.29, 1.82) is 0 Å². The van der Waals surface area contributed by atoms with Crippen LogP contribution in [0.4, 0.5) is 4.79 Å². The molecule has 7 nitrogen and oxygen atoms in total. The van der Waals surface area contributed by atoms with Crippen LogP contribution in [-0.4, -0.2) is 47.3 Å². The standard InChI is InChI=1S/C17H17BrN2O5/c18-12-5-3-4-11(8-12)13(21)10-25-14(22)9-20-15(23)17(19-16(20)24)6-1-2-7-17/h3-5,8H,1-2,6-7,9-10H2,(H,19,24). The molecular formula is C17H17BrN2O5. The molecule has 2 fully saturated rings. The minimum atomic E-state index is -0.858. The summed E-state index contributed by atoms with van der Waals surface area (Å²) in [5.74, 6) is -1.54. The quantitative estimate of drug-likeness (QED) is 0.457. The van der Waals surface area contributed by atoms with Gasteiger partial charge in [0.05, 0.1) is 0 Å². The highest BCUT2D eigenvalue weighted by atomic mass is 79.9. The molecule has 25 heavy (non-hydrogen) atoms. The number of carbonyl (C=O) groups excluding carboxylic acids is 4. The van der Waals surface area contributed by atoms with Crippen molar-refractivity contribution in [2.45, 2.75) is 31.2 Å². The van der Waals surface area contributed by atoms with Crippen molar-refractivity contribution in [3.05, 3.63) is 34.3 Å². The Labute approximate surface area is 152 Å². The summed E-state index contributed by atoms with van der Waals surface area (Å²) in [5.41, 5.74) is -0.453. The average molecular weight is 409 g/mol. The van der Waals surface area contributed by atoms with E-state index < -0.39 is 30.7 Å². The lowest BCUT2D eigenvalue weighted by Gasteiger charge is -2.19. The molecule has 2 aliphatic rings. The van der Waals surface area contributed by atoms with Crippen LogP contribution in [0.5, 0.6) is 0 Å². The first kappa shape index (κ1) is 17.6. The summed E-state index contributed by atoms with van der Waals surface area (Å²) in [6.07, 6.45) is 2.91. The van der Waals surface area contributed by atoms with Crippen LogP contribution in [0.1, 0.15) is 36.0 Å². The zero-order chi connectivity index (χ0) is 18.0. The van der Waals surface area contributed by atoms with Gasteiger partial charge in [-0.3, -0.25) is 19.3 Å². The van der Waals surface area contributed by atoms with Gasteiger partial charge in [0.25, 0.3) is 5.91 Å². The Hall–Kier alpha value is -2.22. The van der Waals surface area contributed by atoms with Crippen LogP contribution in [0.2, 0.25) is 0 Å². The van der Waals surface area contributed by atoms with Gasteiger partial charge in [-0.05, 0) is 25.0 Å². The van der Waals surface area contributed by atoms with Crippen LogP contribution in [0, 0.1) is 0 Å². The number of halogens is 1. The molecule has 1 spiro atoms. The van der Waals surface area contributed by atoms with E-state index in [1.165, 1.54) is 0 Å². The van der Waals surface area contributed by atoms with Crippen LogP contribution >= 0.6 is 15.9 Å². The van der Waals surface area contributed by atoms with Crippen molar-refractivity contribution < 1.29 is 23.9 Å². The van der Waals surface area contributed by atoms with Crippen LogP contribution < -0.4 is 5.32 Å². The highest BCUT2D eigenvalue weighted by Crippen LogP contribution is 2.34. The first-order chi connectivity index (χ1) is 11.9. The predicted molar refractivity (Wildman–Crippen MR) is 90.9 cm³/mol. The number of rotatable bonds is 5. The fraction of sp³-hybridized carbons (Fsp3) is 0.412. The first-order valence-corrected chi connectivity index (χ1v) is 8.79. The molecule has 3 rings (SSSR count). The number of benzene rings is 1. The Morgan fingerprint density at radius 1 is 1.24 bits per heavy atom. The van der Waals surface area contributed by atoms with E-state index in [4.69, 9.17) is 4.74 Å². The Bertz CT molecular complexity index is 742. The number of nitrogens with one attached hydrogen (secondary N) is 1. The molecule has 0 unspecified atom stereocenters. The SMILES string of the molecule is O=C(CN1C(=O)NC2(CCCC2)C1=O)OCC(=O)c1cccc(Br)c1. The maximum Gasteiger partial charge on any atom is 0.326 e. The molecule has 0 aromatic heterocycles. The van der Waals surface area contributed by atoms with Gasteiger partial charge >= 0.3 is 12.0 Å². The van der Waals surface area contributed by atoms with Gasteiger partial charge in [-0.1, -0.05) is 40.9 Å². The van der Waals surface area contributed by atoms with Crippen molar-refractivity contribution in [3.8, 4) is 0 Å². The van der Waals surface area contributed by atoms with E-state index in [1.807, 2.05) is 0 Å². The minimum Gasteiger partial charge on any atom is -0.456 e. The van der Waals surface area contributed by atoms with Gasteiger partial charge in [0.1, 0.15) is 12.1 Å². The number of urea groups is 1. The van der Waals surface area contributed by atoms with Gasteiger partial charge < -0.3 is 10.1 Å². The topological polar surface area (TPSA) is 92.8 Å². The monoisotopic (exact) mass is 408 g/mol. The van der Waals surface area contributed by atoms with Gasteiger partial charge in [-0.2, -0.15) is 0 Å².